The second-order valence-corrected chi connectivity index (χ2v) is 5.13. The largest absolute Gasteiger partial charge is 0.340 e. The van der Waals surface area contributed by atoms with Crippen molar-refractivity contribution in [1.82, 2.24) is 24.6 Å². The first-order chi connectivity index (χ1) is 9.11. The molecule has 0 spiro atoms. The van der Waals surface area contributed by atoms with Crippen molar-refractivity contribution < 1.29 is 4.79 Å². The first-order valence-electron chi connectivity index (χ1n) is 6.96. The van der Waals surface area contributed by atoms with Gasteiger partial charge in [-0.15, -0.1) is 10.2 Å². The summed E-state index contributed by atoms with van der Waals surface area (Å²) in [6, 6.07) is 0. The number of hydrogen-bond acceptors (Lipinski definition) is 4. The molecule has 0 saturated carbocycles. The predicted octanol–water partition coefficient (Wildman–Crippen LogP) is 0.568. The van der Waals surface area contributed by atoms with Gasteiger partial charge >= 0.3 is 0 Å². The van der Waals surface area contributed by atoms with Crippen molar-refractivity contribution in [3.63, 3.8) is 0 Å². The maximum absolute atomic E-state index is 11.8. The van der Waals surface area contributed by atoms with Gasteiger partial charge in [-0.3, -0.25) is 9.69 Å². The summed E-state index contributed by atoms with van der Waals surface area (Å²) < 4.78 is 2.02. The Balaban J connectivity index is 1.83. The lowest BCUT2D eigenvalue weighted by atomic mass is 10.2. The van der Waals surface area contributed by atoms with Gasteiger partial charge in [0.25, 0.3) is 0 Å². The van der Waals surface area contributed by atoms with E-state index in [2.05, 4.69) is 15.1 Å². The molecule has 1 amide bonds. The van der Waals surface area contributed by atoms with Crippen LogP contribution in [-0.2, 0) is 18.4 Å². The molecule has 1 aromatic heterocycles. The summed E-state index contributed by atoms with van der Waals surface area (Å²) >= 11 is 0. The van der Waals surface area contributed by atoms with Crippen LogP contribution in [0.3, 0.4) is 0 Å². The van der Waals surface area contributed by atoms with Crippen LogP contribution in [0.1, 0.15) is 31.4 Å². The number of piperazine rings is 1. The van der Waals surface area contributed by atoms with Gasteiger partial charge in [-0.05, 0) is 13.3 Å². The molecule has 1 saturated heterocycles. The lowest BCUT2D eigenvalue weighted by Crippen LogP contribution is -2.48. The molecular formula is C13H23N5O. The summed E-state index contributed by atoms with van der Waals surface area (Å²) in [4.78, 5) is 16.1. The molecule has 0 bridgehead atoms. The van der Waals surface area contributed by atoms with E-state index >= 15 is 0 Å². The molecule has 1 aromatic rings. The van der Waals surface area contributed by atoms with E-state index in [4.69, 9.17) is 0 Å². The summed E-state index contributed by atoms with van der Waals surface area (Å²) in [6.07, 6.45) is 1.60. The average Bonchev–Trinajstić information content (AvgIpc) is 2.72. The van der Waals surface area contributed by atoms with Crippen molar-refractivity contribution in [2.45, 2.75) is 33.2 Å². The molecule has 6 nitrogen and oxygen atoms in total. The van der Waals surface area contributed by atoms with Crippen LogP contribution in [0.2, 0.25) is 0 Å². The average molecular weight is 265 g/mol. The standard InChI is InChI=1S/C13H23N5O/c1-4-5-13(19)18-8-6-17(7-9-18)10-12-15-14-11(2)16(12)3/h4-10H2,1-3H3. The van der Waals surface area contributed by atoms with Gasteiger partial charge < -0.3 is 9.47 Å². The Hall–Kier alpha value is -1.43. The van der Waals surface area contributed by atoms with Crippen LogP contribution in [0, 0.1) is 6.92 Å². The molecule has 6 heteroatoms. The highest BCUT2D eigenvalue weighted by molar-refractivity contribution is 5.76. The topological polar surface area (TPSA) is 54.3 Å². The molecule has 1 aliphatic rings. The van der Waals surface area contributed by atoms with Gasteiger partial charge in [-0.25, -0.2) is 0 Å². The minimum Gasteiger partial charge on any atom is -0.340 e. The van der Waals surface area contributed by atoms with Crippen molar-refractivity contribution in [3.8, 4) is 0 Å². The maximum atomic E-state index is 11.8. The summed E-state index contributed by atoms with van der Waals surface area (Å²) in [5.41, 5.74) is 0. The van der Waals surface area contributed by atoms with E-state index in [0.29, 0.717) is 6.42 Å². The smallest absolute Gasteiger partial charge is 0.222 e. The van der Waals surface area contributed by atoms with Crippen LogP contribution in [-0.4, -0.2) is 56.7 Å². The Labute approximate surface area is 114 Å². The van der Waals surface area contributed by atoms with Crippen LogP contribution >= 0.6 is 0 Å². The van der Waals surface area contributed by atoms with Gasteiger partial charge in [0.05, 0.1) is 6.54 Å². The van der Waals surface area contributed by atoms with Gasteiger partial charge in [-0.1, -0.05) is 6.92 Å². The molecule has 19 heavy (non-hydrogen) atoms. The molecular weight excluding hydrogens is 242 g/mol. The van der Waals surface area contributed by atoms with E-state index in [9.17, 15) is 4.79 Å². The van der Waals surface area contributed by atoms with Crippen molar-refractivity contribution >= 4 is 5.91 Å². The third-order valence-corrected chi connectivity index (χ3v) is 3.74. The highest BCUT2D eigenvalue weighted by atomic mass is 16.2. The summed E-state index contributed by atoms with van der Waals surface area (Å²) in [5.74, 6) is 2.22. The Kier molecular flexibility index (Phi) is 4.52. The van der Waals surface area contributed by atoms with E-state index < -0.39 is 0 Å². The molecule has 1 aliphatic heterocycles. The van der Waals surface area contributed by atoms with Gasteiger partial charge in [0.15, 0.2) is 0 Å². The predicted molar refractivity (Wildman–Crippen MR) is 72.5 cm³/mol. The summed E-state index contributed by atoms with van der Waals surface area (Å²) in [7, 11) is 1.99. The molecule has 0 unspecified atom stereocenters. The quantitative estimate of drug-likeness (QED) is 0.798. The summed E-state index contributed by atoms with van der Waals surface area (Å²) in [5, 5.41) is 8.25. The van der Waals surface area contributed by atoms with Gasteiger partial charge in [0.1, 0.15) is 11.6 Å². The molecule has 0 aliphatic carbocycles. The van der Waals surface area contributed by atoms with Gasteiger partial charge in [-0.2, -0.15) is 0 Å². The first kappa shape index (κ1) is 14.0. The highest BCUT2D eigenvalue weighted by Gasteiger charge is 2.21. The monoisotopic (exact) mass is 265 g/mol. The third-order valence-electron chi connectivity index (χ3n) is 3.74. The number of amides is 1. The number of hydrogen-bond donors (Lipinski definition) is 0. The Morgan fingerprint density at radius 3 is 2.42 bits per heavy atom. The molecule has 2 rings (SSSR count). The molecule has 0 aromatic carbocycles. The lowest BCUT2D eigenvalue weighted by Gasteiger charge is -2.34. The maximum Gasteiger partial charge on any atom is 0.222 e. The number of carbonyl (C=O) groups is 1. The van der Waals surface area contributed by atoms with Crippen molar-refractivity contribution in [3.05, 3.63) is 11.6 Å². The molecule has 106 valence electrons. The first-order valence-corrected chi connectivity index (χ1v) is 6.96. The number of aromatic nitrogens is 3. The number of nitrogens with zero attached hydrogens (tertiary/aromatic N) is 5. The lowest BCUT2D eigenvalue weighted by molar-refractivity contribution is -0.133. The molecule has 0 N–H and O–H groups in total. The van der Waals surface area contributed by atoms with Crippen LogP contribution < -0.4 is 0 Å². The van der Waals surface area contributed by atoms with Crippen molar-refractivity contribution in [2.24, 2.45) is 7.05 Å². The number of rotatable bonds is 4. The van der Waals surface area contributed by atoms with Crippen LogP contribution in [0.4, 0.5) is 0 Å². The highest BCUT2D eigenvalue weighted by Crippen LogP contribution is 2.09. The minimum atomic E-state index is 0.289. The van der Waals surface area contributed by atoms with Gasteiger partial charge in [0, 0.05) is 39.6 Å². The number of carbonyl (C=O) groups excluding carboxylic acids is 1. The van der Waals surface area contributed by atoms with Gasteiger partial charge in [0.2, 0.25) is 5.91 Å². The molecule has 0 radical (unpaired) electrons. The zero-order valence-corrected chi connectivity index (χ0v) is 12.1. The SMILES string of the molecule is CCCC(=O)N1CCN(Cc2nnc(C)n2C)CC1. The third kappa shape index (κ3) is 3.32. The fraction of sp³-hybridized carbons (Fsp3) is 0.769. The van der Waals surface area contributed by atoms with Crippen LogP contribution in [0.15, 0.2) is 0 Å². The van der Waals surface area contributed by atoms with Crippen molar-refractivity contribution in [1.29, 1.82) is 0 Å². The number of aryl methyl sites for hydroxylation is 1. The van der Waals surface area contributed by atoms with E-state index in [1.54, 1.807) is 0 Å². The van der Waals surface area contributed by atoms with E-state index in [1.165, 1.54) is 0 Å². The minimum absolute atomic E-state index is 0.289. The summed E-state index contributed by atoms with van der Waals surface area (Å²) in [6.45, 7) is 8.31. The van der Waals surface area contributed by atoms with E-state index in [-0.39, 0.29) is 5.91 Å². The Morgan fingerprint density at radius 1 is 1.21 bits per heavy atom. The fourth-order valence-corrected chi connectivity index (χ4v) is 2.32. The van der Waals surface area contributed by atoms with Crippen LogP contribution in [0.25, 0.3) is 0 Å². The fourth-order valence-electron chi connectivity index (χ4n) is 2.32. The Morgan fingerprint density at radius 2 is 1.89 bits per heavy atom. The van der Waals surface area contributed by atoms with E-state index in [1.807, 2.05) is 30.4 Å². The molecule has 0 atom stereocenters. The second-order valence-electron chi connectivity index (χ2n) is 5.13. The van der Waals surface area contributed by atoms with E-state index in [0.717, 1.165) is 50.8 Å². The Bertz CT molecular complexity index is 434. The molecule has 2 heterocycles. The second kappa shape index (κ2) is 6.14. The van der Waals surface area contributed by atoms with Crippen molar-refractivity contribution in [2.75, 3.05) is 26.2 Å². The molecule has 1 fully saturated rings. The zero-order chi connectivity index (χ0) is 13.8. The zero-order valence-electron chi connectivity index (χ0n) is 12.1. The van der Waals surface area contributed by atoms with Crippen LogP contribution in [0.5, 0.6) is 0 Å². The normalized spacial score (nSPS) is 16.9.